The molecule has 1 heterocycles. The Morgan fingerprint density at radius 3 is 2.59 bits per heavy atom. The van der Waals surface area contributed by atoms with E-state index in [9.17, 15) is 4.39 Å². The summed E-state index contributed by atoms with van der Waals surface area (Å²) < 4.78 is 14.1. The lowest BCUT2D eigenvalue weighted by atomic mass is 10.2. The number of hydrogen-bond donors (Lipinski definition) is 1. The first-order valence-electron chi connectivity index (χ1n) is 5.67. The van der Waals surface area contributed by atoms with Crippen LogP contribution in [0.25, 0.3) is 0 Å². The fourth-order valence-electron chi connectivity index (χ4n) is 1.77. The molecule has 0 spiro atoms. The number of aromatic nitrogens is 2. The molecule has 0 aliphatic heterocycles. The van der Waals surface area contributed by atoms with Crippen molar-refractivity contribution in [3.05, 3.63) is 48.2 Å². The van der Waals surface area contributed by atoms with Gasteiger partial charge in [-0.3, -0.25) is 0 Å². The van der Waals surface area contributed by atoms with Gasteiger partial charge >= 0.3 is 0 Å². The first-order chi connectivity index (χ1) is 8.34. The van der Waals surface area contributed by atoms with Crippen LogP contribution in [0.4, 0.5) is 15.9 Å². The van der Waals surface area contributed by atoms with E-state index in [0.29, 0.717) is 5.69 Å². The molecule has 1 saturated carbocycles. The number of nitrogens with one attached hydrogen (secondary N) is 1. The zero-order chi connectivity index (χ0) is 11.7. The summed E-state index contributed by atoms with van der Waals surface area (Å²) in [6, 6.07) is 9.44. The van der Waals surface area contributed by atoms with E-state index in [1.807, 2.05) is 30.3 Å². The molecule has 0 radical (unpaired) electrons. The number of benzene rings is 1. The summed E-state index contributed by atoms with van der Waals surface area (Å²) >= 11 is 0. The molecule has 1 N–H and O–H groups in total. The molecule has 0 atom stereocenters. The maximum absolute atomic E-state index is 14.1. The normalized spacial score (nSPS) is 14.6. The van der Waals surface area contributed by atoms with Crippen molar-refractivity contribution in [1.82, 2.24) is 9.97 Å². The van der Waals surface area contributed by atoms with E-state index in [4.69, 9.17) is 0 Å². The van der Waals surface area contributed by atoms with Crippen LogP contribution in [0.2, 0.25) is 0 Å². The van der Waals surface area contributed by atoms with Gasteiger partial charge in [-0.2, -0.15) is 0 Å². The SMILES string of the molecule is Fc1c(Nc2ccccc2)ncnc1C1CC1. The Labute approximate surface area is 98.7 Å². The van der Waals surface area contributed by atoms with Crippen molar-refractivity contribution in [3.8, 4) is 0 Å². The second kappa shape index (κ2) is 4.13. The third-order valence-electron chi connectivity index (χ3n) is 2.82. The maximum Gasteiger partial charge on any atom is 0.187 e. The molecule has 0 amide bonds. The number of hydrogen-bond acceptors (Lipinski definition) is 3. The van der Waals surface area contributed by atoms with Crippen molar-refractivity contribution in [2.45, 2.75) is 18.8 Å². The third-order valence-corrected chi connectivity index (χ3v) is 2.82. The van der Waals surface area contributed by atoms with E-state index in [0.717, 1.165) is 18.5 Å². The molecule has 17 heavy (non-hydrogen) atoms. The molecule has 3 rings (SSSR count). The number of halogens is 1. The molecule has 4 heteroatoms. The summed E-state index contributed by atoms with van der Waals surface area (Å²) in [6.45, 7) is 0. The smallest absolute Gasteiger partial charge is 0.187 e. The average molecular weight is 229 g/mol. The highest BCUT2D eigenvalue weighted by atomic mass is 19.1. The van der Waals surface area contributed by atoms with Crippen LogP contribution in [0.3, 0.4) is 0 Å². The Hall–Kier alpha value is -1.97. The molecule has 2 aromatic rings. The lowest BCUT2D eigenvalue weighted by molar-refractivity contribution is 0.597. The Kier molecular flexibility index (Phi) is 2.48. The molecule has 3 nitrogen and oxygen atoms in total. The molecule has 86 valence electrons. The van der Waals surface area contributed by atoms with E-state index in [-0.39, 0.29) is 17.6 Å². The number of anilines is 2. The van der Waals surface area contributed by atoms with Gasteiger partial charge in [0, 0.05) is 11.6 Å². The highest BCUT2D eigenvalue weighted by Gasteiger charge is 2.29. The van der Waals surface area contributed by atoms with Gasteiger partial charge in [0.15, 0.2) is 11.6 Å². The van der Waals surface area contributed by atoms with E-state index in [1.165, 1.54) is 6.33 Å². The van der Waals surface area contributed by atoms with E-state index in [2.05, 4.69) is 15.3 Å². The predicted molar refractivity (Wildman–Crippen MR) is 63.7 cm³/mol. The lowest BCUT2D eigenvalue weighted by Crippen LogP contribution is -2.02. The van der Waals surface area contributed by atoms with Crippen molar-refractivity contribution in [3.63, 3.8) is 0 Å². The van der Waals surface area contributed by atoms with Crippen LogP contribution in [0.15, 0.2) is 36.7 Å². The van der Waals surface area contributed by atoms with E-state index < -0.39 is 0 Å². The summed E-state index contributed by atoms with van der Waals surface area (Å²) in [5.74, 6) is 0.223. The second-order valence-corrected chi connectivity index (χ2v) is 4.19. The van der Waals surface area contributed by atoms with Gasteiger partial charge in [0.1, 0.15) is 6.33 Å². The van der Waals surface area contributed by atoms with Gasteiger partial charge in [-0.1, -0.05) is 18.2 Å². The highest BCUT2D eigenvalue weighted by molar-refractivity contribution is 5.56. The Morgan fingerprint density at radius 2 is 1.88 bits per heavy atom. The summed E-state index contributed by atoms with van der Waals surface area (Å²) in [7, 11) is 0. The minimum absolute atomic E-state index is 0.258. The summed E-state index contributed by atoms with van der Waals surface area (Å²) in [4.78, 5) is 7.96. The van der Waals surface area contributed by atoms with Gasteiger partial charge in [-0.05, 0) is 25.0 Å². The highest BCUT2D eigenvalue weighted by Crippen LogP contribution is 2.41. The van der Waals surface area contributed by atoms with Gasteiger partial charge in [0.2, 0.25) is 0 Å². The minimum Gasteiger partial charge on any atom is -0.338 e. The van der Waals surface area contributed by atoms with Gasteiger partial charge in [0.25, 0.3) is 0 Å². The van der Waals surface area contributed by atoms with Crippen LogP contribution in [-0.2, 0) is 0 Å². The second-order valence-electron chi connectivity index (χ2n) is 4.19. The first-order valence-corrected chi connectivity index (χ1v) is 5.67. The van der Waals surface area contributed by atoms with Crippen molar-refractivity contribution < 1.29 is 4.39 Å². The summed E-state index contributed by atoms with van der Waals surface area (Å²) in [5, 5.41) is 2.97. The Balaban J connectivity index is 1.90. The van der Waals surface area contributed by atoms with Crippen LogP contribution in [0.1, 0.15) is 24.5 Å². The monoisotopic (exact) mass is 229 g/mol. The maximum atomic E-state index is 14.1. The molecule has 1 fully saturated rings. The van der Waals surface area contributed by atoms with Crippen LogP contribution in [0.5, 0.6) is 0 Å². The zero-order valence-electron chi connectivity index (χ0n) is 9.23. The molecule has 1 aromatic heterocycles. The fraction of sp³-hybridized carbons (Fsp3) is 0.231. The quantitative estimate of drug-likeness (QED) is 0.878. The molecule has 1 aliphatic carbocycles. The molecule has 1 aromatic carbocycles. The predicted octanol–water partition coefficient (Wildman–Crippen LogP) is 3.24. The Morgan fingerprint density at radius 1 is 1.12 bits per heavy atom. The molecule has 1 aliphatic rings. The molecule has 0 saturated heterocycles. The molecular formula is C13H12FN3. The van der Waals surface area contributed by atoms with Crippen LogP contribution in [0, 0.1) is 5.82 Å². The molecular weight excluding hydrogens is 217 g/mol. The van der Waals surface area contributed by atoms with Gasteiger partial charge in [-0.15, -0.1) is 0 Å². The van der Waals surface area contributed by atoms with E-state index in [1.54, 1.807) is 0 Å². The van der Waals surface area contributed by atoms with Crippen molar-refractivity contribution >= 4 is 11.5 Å². The number of para-hydroxylation sites is 1. The summed E-state index contributed by atoms with van der Waals surface area (Å²) in [6.07, 6.45) is 3.47. The largest absolute Gasteiger partial charge is 0.338 e. The third kappa shape index (κ3) is 2.11. The topological polar surface area (TPSA) is 37.8 Å². The molecule has 0 unspecified atom stereocenters. The first kappa shape index (κ1) is 10.2. The van der Waals surface area contributed by atoms with Crippen LogP contribution in [-0.4, -0.2) is 9.97 Å². The number of nitrogens with zero attached hydrogens (tertiary/aromatic N) is 2. The van der Waals surface area contributed by atoms with Gasteiger partial charge < -0.3 is 5.32 Å². The van der Waals surface area contributed by atoms with Gasteiger partial charge in [0.05, 0.1) is 5.69 Å². The van der Waals surface area contributed by atoms with Crippen molar-refractivity contribution in [2.75, 3.05) is 5.32 Å². The number of rotatable bonds is 3. The van der Waals surface area contributed by atoms with Gasteiger partial charge in [-0.25, -0.2) is 14.4 Å². The molecule has 0 bridgehead atoms. The van der Waals surface area contributed by atoms with Crippen LogP contribution < -0.4 is 5.32 Å². The fourth-order valence-corrected chi connectivity index (χ4v) is 1.77. The van der Waals surface area contributed by atoms with Crippen molar-refractivity contribution in [1.29, 1.82) is 0 Å². The summed E-state index contributed by atoms with van der Waals surface area (Å²) in [5.41, 5.74) is 1.37. The Bertz CT molecular complexity index is 523. The zero-order valence-corrected chi connectivity index (χ0v) is 9.23. The standard InChI is InChI=1S/C13H12FN3/c14-11-12(9-6-7-9)15-8-16-13(11)17-10-4-2-1-3-5-10/h1-5,8-9H,6-7H2,(H,15,16,17). The van der Waals surface area contributed by atoms with E-state index >= 15 is 0 Å². The van der Waals surface area contributed by atoms with Crippen LogP contribution >= 0.6 is 0 Å². The average Bonchev–Trinajstić information content (AvgIpc) is 3.17. The lowest BCUT2D eigenvalue weighted by Gasteiger charge is -2.08. The van der Waals surface area contributed by atoms with Crippen molar-refractivity contribution in [2.24, 2.45) is 0 Å². The minimum atomic E-state index is -0.321.